The Hall–Kier alpha value is -1.75. The summed E-state index contributed by atoms with van der Waals surface area (Å²) < 4.78 is 73.5. The van der Waals surface area contributed by atoms with Gasteiger partial charge in [-0.25, -0.2) is 12.8 Å². The molecule has 20 heavy (non-hydrogen) atoms. The van der Waals surface area contributed by atoms with E-state index in [1.54, 1.807) is 6.92 Å². The predicted octanol–water partition coefficient (Wildman–Crippen LogP) is 2.94. The first-order chi connectivity index (χ1) is 9.09. The third kappa shape index (κ3) is 3.42. The fourth-order valence-corrected chi connectivity index (χ4v) is 2.39. The van der Waals surface area contributed by atoms with Gasteiger partial charge < -0.3 is 5.32 Å². The van der Waals surface area contributed by atoms with Crippen LogP contribution in [-0.2, 0) is 9.84 Å². The molecule has 0 aliphatic rings. The van der Waals surface area contributed by atoms with Crippen molar-refractivity contribution in [1.29, 1.82) is 0 Å². The number of nitrogens with one attached hydrogen (secondary N) is 1. The van der Waals surface area contributed by atoms with E-state index in [9.17, 15) is 26.0 Å². The van der Waals surface area contributed by atoms with Crippen molar-refractivity contribution in [2.24, 2.45) is 0 Å². The zero-order valence-electron chi connectivity index (χ0n) is 10.3. The van der Waals surface area contributed by atoms with Gasteiger partial charge in [0.25, 0.3) is 9.84 Å². The Labute approximate surface area is 113 Å². The first-order valence-corrected chi connectivity index (χ1v) is 6.89. The molecule has 1 atom stereocenters. The standard InChI is InChI=1S/C12H11F4NO2S/c1-3-4-8(2)17-10-6-5-9(13)7-11(10)20(18,19)12(14,15)16/h1,5-8,17H,4H2,2H3. The van der Waals surface area contributed by atoms with Gasteiger partial charge in [0.05, 0.1) is 5.69 Å². The average molecular weight is 309 g/mol. The van der Waals surface area contributed by atoms with Crippen LogP contribution in [0.15, 0.2) is 23.1 Å². The van der Waals surface area contributed by atoms with E-state index < -0.39 is 32.1 Å². The van der Waals surface area contributed by atoms with E-state index in [0.717, 1.165) is 12.1 Å². The van der Waals surface area contributed by atoms with E-state index in [1.807, 2.05) is 0 Å². The van der Waals surface area contributed by atoms with Gasteiger partial charge in [0.15, 0.2) is 0 Å². The van der Waals surface area contributed by atoms with E-state index in [0.29, 0.717) is 6.07 Å². The Morgan fingerprint density at radius 3 is 2.50 bits per heavy atom. The minimum absolute atomic E-state index is 0.170. The van der Waals surface area contributed by atoms with E-state index in [2.05, 4.69) is 11.2 Å². The predicted molar refractivity (Wildman–Crippen MR) is 66.2 cm³/mol. The van der Waals surface area contributed by atoms with Crippen LogP contribution in [0.5, 0.6) is 0 Å². The third-order valence-corrected chi connectivity index (χ3v) is 3.89. The SMILES string of the molecule is C#CCC(C)Nc1ccc(F)cc1S(=O)(=O)C(F)(F)F. The maximum Gasteiger partial charge on any atom is 0.501 e. The molecule has 0 fully saturated rings. The van der Waals surface area contributed by atoms with Crippen molar-refractivity contribution in [1.82, 2.24) is 0 Å². The number of terminal acetylenes is 1. The van der Waals surface area contributed by atoms with Crippen LogP contribution in [0.2, 0.25) is 0 Å². The molecule has 0 saturated carbocycles. The first-order valence-electron chi connectivity index (χ1n) is 5.40. The highest BCUT2D eigenvalue weighted by Crippen LogP contribution is 2.35. The van der Waals surface area contributed by atoms with Crippen molar-refractivity contribution in [3.63, 3.8) is 0 Å². The Bertz CT molecular complexity index is 632. The number of hydrogen-bond donors (Lipinski definition) is 1. The van der Waals surface area contributed by atoms with Crippen molar-refractivity contribution in [3.05, 3.63) is 24.0 Å². The number of hydrogen-bond acceptors (Lipinski definition) is 3. The highest BCUT2D eigenvalue weighted by atomic mass is 32.2. The molecule has 1 N–H and O–H groups in total. The van der Waals surface area contributed by atoms with Crippen LogP contribution in [0, 0.1) is 18.2 Å². The minimum Gasteiger partial charge on any atom is -0.381 e. The summed E-state index contributed by atoms with van der Waals surface area (Å²) in [6, 6.07) is 1.65. The van der Waals surface area contributed by atoms with Gasteiger partial charge in [-0.15, -0.1) is 12.3 Å². The maximum absolute atomic E-state index is 13.1. The van der Waals surface area contributed by atoms with E-state index in [1.165, 1.54) is 0 Å². The quantitative estimate of drug-likeness (QED) is 0.687. The van der Waals surface area contributed by atoms with Gasteiger partial charge in [0.2, 0.25) is 0 Å². The largest absolute Gasteiger partial charge is 0.501 e. The fourth-order valence-electron chi connectivity index (χ4n) is 1.46. The summed E-state index contributed by atoms with van der Waals surface area (Å²) in [6.45, 7) is 1.56. The molecule has 0 spiro atoms. The van der Waals surface area contributed by atoms with Gasteiger partial charge in [-0.1, -0.05) is 0 Å². The lowest BCUT2D eigenvalue weighted by atomic mass is 10.2. The maximum atomic E-state index is 13.1. The van der Waals surface area contributed by atoms with Crippen LogP contribution >= 0.6 is 0 Å². The van der Waals surface area contributed by atoms with E-state index in [-0.39, 0.29) is 12.1 Å². The van der Waals surface area contributed by atoms with Crippen molar-refractivity contribution < 1.29 is 26.0 Å². The number of anilines is 1. The van der Waals surface area contributed by atoms with Gasteiger partial charge in [-0.05, 0) is 25.1 Å². The van der Waals surface area contributed by atoms with Crippen molar-refractivity contribution in [2.75, 3.05) is 5.32 Å². The summed E-state index contributed by atoms with van der Waals surface area (Å²) in [5.74, 6) is 1.20. The van der Waals surface area contributed by atoms with Crippen LogP contribution in [0.3, 0.4) is 0 Å². The molecule has 0 amide bonds. The first kappa shape index (κ1) is 16.3. The van der Waals surface area contributed by atoms with Crippen molar-refractivity contribution in [3.8, 4) is 12.3 Å². The lowest BCUT2D eigenvalue weighted by molar-refractivity contribution is -0.0435. The van der Waals surface area contributed by atoms with Gasteiger partial charge in [-0.2, -0.15) is 13.2 Å². The van der Waals surface area contributed by atoms with E-state index >= 15 is 0 Å². The topological polar surface area (TPSA) is 46.2 Å². The molecule has 1 unspecified atom stereocenters. The lowest BCUT2D eigenvalue weighted by Gasteiger charge is -2.17. The van der Waals surface area contributed by atoms with Crippen molar-refractivity contribution >= 4 is 15.5 Å². The second kappa shape index (κ2) is 5.71. The molecule has 1 rings (SSSR count). The molecule has 0 heterocycles. The van der Waals surface area contributed by atoms with Crippen LogP contribution in [0.25, 0.3) is 0 Å². The van der Waals surface area contributed by atoms with E-state index in [4.69, 9.17) is 6.42 Å². The highest BCUT2D eigenvalue weighted by molar-refractivity contribution is 7.92. The number of alkyl halides is 3. The van der Waals surface area contributed by atoms with Gasteiger partial charge in [0.1, 0.15) is 10.7 Å². The number of benzene rings is 1. The molecule has 0 aromatic heterocycles. The Morgan fingerprint density at radius 1 is 1.40 bits per heavy atom. The molecule has 110 valence electrons. The number of sulfone groups is 1. The molecular weight excluding hydrogens is 298 g/mol. The van der Waals surface area contributed by atoms with Gasteiger partial charge >= 0.3 is 5.51 Å². The summed E-state index contributed by atoms with van der Waals surface area (Å²) >= 11 is 0. The monoisotopic (exact) mass is 309 g/mol. The Balaban J connectivity index is 3.33. The molecule has 1 aromatic rings. The minimum atomic E-state index is -5.64. The molecule has 0 aliphatic heterocycles. The summed E-state index contributed by atoms with van der Waals surface area (Å²) in [7, 11) is -5.64. The van der Waals surface area contributed by atoms with Crippen LogP contribution < -0.4 is 5.32 Å². The summed E-state index contributed by atoms with van der Waals surface area (Å²) in [6.07, 6.45) is 5.22. The van der Waals surface area contributed by atoms with Crippen LogP contribution in [0.4, 0.5) is 23.2 Å². The summed E-state index contributed by atoms with van der Waals surface area (Å²) in [5, 5.41) is 2.53. The normalized spacial score (nSPS) is 13.6. The smallest absolute Gasteiger partial charge is 0.381 e. The molecule has 0 aliphatic carbocycles. The van der Waals surface area contributed by atoms with Gasteiger partial charge in [0, 0.05) is 12.5 Å². The van der Waals surface area contributed by atoms with Crippen molar-refractivity contribution in [2.45, 2.75) is 29.8 Å². The zero-order valence-corrected chi connectivity index (χ0v) is 11.1. The number of rotatable bonds is 4. The Morgan fingerprint density at radius 2 is 2.00 bits per heavy atom. The zero-order chi connectivity index (χ0) is 15.6. The third-order valence-electron chi connectivity index (χ3n) is 2.36. The molecule has 1 aromatic carbocycles. The van der Waals surface area contributed by atoms with Crippen LogP contribution in [-0.4, -0.2) is 20.0 Å². The highest BCUT2D eigenvalue weighted by Gasteiger charge is 2.48. The second-order valence-electron chi connectivity index (χ2n) is 4.04. The molecule has 0 bridgehead atoms. The summed E-state index contributed by atoms with van der Waals surface area (Å²) in [4.78, 5) is -1.16. The fraction of sp³-hybridized carbons (Fsp3) is 0.333. The van der Waals surface area contributed by atoms with Gasteiger partial charge in [-0.3, -0.25) is 0 Å². The summed E-state index contributed by atoms with van der Waals surface area (Å²) in [5.41, 5.74) is -5.85. The second-order valence-corrected chi connectivity index (χ2v) is 5.95. The molecule has 0 radical (unpaired) electrons. The van der Waals surface area contributed by atoms with Crippen LogP contribution in [0.1, 0.15) is 13.3 Å². The molecule has 8 heteroatoms. The molecule has 3 nitrogen and oxygen atoms in total. The lowest BCUT2D eigenvalue weighted by Crippen LogP contribution is -2.25. The molecule has 0 saturated heterocycles. The Kier molecular flexibility index (Phi) is 4.65. The number of halogens is 4. The average Bonchev–Trinajstić information content (AvgIpc) is 2.30. The molecular formula is C12H11F4NO2S.